The van der Waals surface area contributed by atoms with Crippen molar-refractivity contribution in [2.45, 2.75) is 19.8 Å². The summed E-state index contributed by atoms with van der Waals surface area (Å²) in [6.45, 7) is 2.48. The van der Waals surface area contributed by atoms with Gasteiger partial charge >= 0.3 is 0 Å². The van der Waals surface area contributed by atoms with Gasteiger partial charge in [-0.25, -0.2) is 0 Å². The summed E-state index contributed by atoms with van der Waals surface area (Å²) in [7, 11) is 1.71. The van der Waals surface area contributed by atoms with Gasteiger partial charge in [-0.1, -0.05) is 55.5 Å². The van der Waals surface area contributed by atoms with E-state index < -0.39 is 0 Å². The molecule has 0 heterocycles. The predicted octanol–water partition coefficient (Wildman–Crippen LogP) is 5.24. The van der Waals surface area contributed by atoms with Crippen molar-refractivity contribution in [3.8, 4) is 11.5 Å². The van der Waals surface area contributed by atoms with Gasteiger partial charge in [-0.05, 0) is 35.8 Å². The lowest BCUT2D eigenvalue weighted by Crippen LogP contribution is -2.09. The molecule has 0 spiro atoms. The number of aliphatic imine (C=N–C) groups is 1. The van der Waals surface area contributed by atoms with Crippen LogP contribution in [0.25, 0.3) is 5.57 Å². The monoisotopic (exact) mass is 398 g/mol. The van der Waals surface area contributed by atoms with E-state index in [9.17, 15) is 5.11 Å². The zero-order valence-electron chi connectivity index (χ0n) is 17.2. The quantitative estimate of drug-likeness (QED) is 0.275. The summed E-state index contributed by atoms with van der Waals surface area (Å²) in [5, 5.41) is 16.8. The molecule has 2 rings (SSSR count). The summed E-state index contributed by atoms with van der Waals surface area (Å²) in [6.07, 6.45) is 8.93. The summed E-state index contributed by atoms with van der Waals surface area (Å²) in [5.41, 5.74) is 7.18. The summed E-state index contributed by atoms with van der Waals surface area (Å²) in [5.74, 6) is 1.56. The Morgan fingerprint density at radius 3 is 2.48 bits per heavy atom. The lowest BCUT2D eigenvalue weighted by molar-refractivity contribution is 0.359. The number of nitrogens with zero attached hydrogens (tertiary/aromatic N) is 1. The van der Waals surface area contributed by atoms with E-state index in [0.29, 0.717) is 12.4 Å². The Morgan fingerprint density at radius 1 is 1.21 bits per heavy atom. The van der Waals surface area contributed by atoms with Crippen molar-refractivity contribution in [1.29, 1.82) is 5.41 Å². The van der Waals surface area contributed by atoms with Crippen LogP contribution in [-0.2, 0) is 0 Å². The molecule has 0 amide bonds. The molecule has 0 aliphatic rings. The Hall–Kier alpha value is -3.38. The second kappa shape index (κ2) is 15.7. The molecule has 0 saturated heterocycles. The van der Waals surface area contributed by atoms with E-state index in [1.54, 1.807) is 31.3 Å². The maximum absolute atomic E-state index is 9.31. The van der Waals surface area contributed by atoms with Crippen molar-refractivity contribution < 1.29 is 11.3 Å². The number of rotatable bonds is 8. The number of phenols is 1. The smallest absolute Gasteiger partial charge is 0.123 e. The fourth-order valence-electron chi connectivity index (χ4n) is 2.17. The van der Waals surface area contributed by atoms with E-state index in [1.165, 1.54) is 6.21 Å². The summed E-state index contributed by atoms with van der Waals surface area (Å²) < 4.78 is 5.47. The minimum absolute atomic E-state index is 0. The predicted molar refractivity (Wildman–Crippen MR) is 126 cm³/mol. The van der Waals surface area contributed by atoms with Crippen LogP contribution in [0.3, 0.4) is 0 Å². The Morgan fingerprint density at radius 2 is 1.93 bits per heavy atom. The van der Waals surface area contributed by atoms with Crippen LogP contribution < -0.4 is 16.6 Å². The Balaban J connectivity index is 0. The molecule has 0 aliphatic carbocycles. The molecule has 0 aliphatic heterocycles. The van der Waals surface area contributed by atoms with Gasteiger partial charge in [-0.3, -0.25) is 4.99 Å². The first-order valence-corrected chi connectivity index (χ1v) is 9.16. The topological polar surface area (TPSA) is 127 Å². The van der Waals surface area contributed by atoms with Crippen molar-refractivity contribution in [3.05, 3.63) is 78.4 Å². The van der Waals surface area contributed by atoms with Crippen LogP contribution in [0.4, 0.5) is 0 Å². The molecule has 7 N–H and O–H groups in total. The third-order valence-corrected chi connectivity index (χ3v) is 3.63. The number of amidine groups is 1. The highest BCUT2D eigenvalue weighted by molar-refractivity contribution is 6.08. The van der Waals surface area contributed by atoms with Gasteiger partial charge in [0, 0.05) is 27.2 Å². The van der Waals surface area contributed by atoms with E-state index >= 15 is 0 Å². The number of ether oxygens (including phenoxy) is 1. The molecule has 29 heavy (non-hydrogen) atoms. The van der Waals surface area contributed by atoms with Crippen LogP contribution in [0.5, 0.6) is 11.5 Å². The highest BCUT2D eigenvalue weighted by Crippen LogP contribution is 2.17. The molecule has 158 valence electrons. The molecule has 2 aromatic carbocycles. The molecule has 0 unspecified atom stereocenters. The van der Waals surface area contributed by atoms with Gasteiger partial charge in [0.05, 0.1) is 5.84 Å². The van der Waals surface area contributed by atoms with Crippen LogP contribution in [0.15, 0.2) is 77.8 Å². The van der Waals surface area contributed by atoms with Crippen molar-refractivity contribution in [1.82, 2.24) is 6.15 Å². The minimum Gasteiger partial charge on any atom is -0.508 e. The molecular formula is C23H34N4O2. The molecule has 0 atom stereocenters. The number of benzene rings is 2. The van der Waals surface area contributed by atoms with E-state index in [4.69, 9.17) is 15.9 Å². The Kier molecular flexibility index (Phi) is 13.8. The number of phenolic OH excluding ortho intramolecular Hbond substituents is 1. The fraction of sp³-hybridized carbons (Fsp3) is 0.217. The van der Waals surface area contributed by atoms with Crippen LogP contribution in [-0.4, -0.2) is 30.8 Å². The van der Waals surface area contributed by atoms with Crippen LogP contribution >= 0.6 is 0 Å². The highest BCUT2D eigenvalue weighted by Gasteiger charge is 1.95. The first-order chi connectivity index (χ1) is 13.6. The van der Waals surface area contributed by atoms with Gasteiger partial charge in [0.25, 0.3) is 0 Å². The molecule has 6 nitrogen and oxygen atoms in total. The van der Waals surface area contributed by atoms with Gasteiger partial charge < -0.3 is 27.1 Å². The second-order valence-electron chi connectivity index (χ2n) is 5.83. The first-order valence-electron chi connectivity index (χ1n) is 9.16. The van der Waals surface area contributed by atoms with Crippen LogP contribution in [0.1, 0.15) is 26.8 Å². The van der Waals surface area contributed by atoms with E-state index in [-0.39, 0.29) is 13.3 Å². The third-order valence-electron chi connectivity index (χ3n) is 3.63. The number of hydrogen-bond acceptors (Lipinski definition) is 5. The molecule has 0 saturated carbocycles. The average molecular weight is 399 g/mol. The number of aromatic hydroxyl groups is 1. The molecule has 0 bridgehead atoms. The van der Waals surface area contributed by atoms with Crippen molar-refractivity contribution >= 4 is 17.6 Å². The average Bonchev–Trinajstić information content (AvgIpc) is 2.72. The zero-order valence-corrected chi connectivity index (χ0v) is 17.2. The largest absolute Gasteiger partial charge is 0.508 e. The maximum atomic E-state index is 9.31. The molecule has 0 radical (unpaired) electrons. The van der Waals surface area contributed by atoms with Crippen LogP contribution in [0, 0.1) is 5.41 Å². The van der Waals surface area contributed by atoms with E-state index in [2.05, 4.69) is 11.9 Å². The second-order valence-corrected chi connectivity index (χ2v) is 5.83. The molecule has 0 aromatic heterocycles. The van der Waals surface area contributed by atoms with E-state index in [1.807, 2.05) is 48.6 Å². The SMILES string of the molecule is CCCC(N)=NC.N.N=C/C(=C\C=C\COc1cccc(O)c1)c1ccccc1.[HH]. The number of allylic oxidation sites excluding steroid dienone is 3. The summed E-state index contributed by atoms with van der Waals surface area (Å²) >= 11 is 0. The van der Waals surface area contributed by atoms with Crippen molar-refractivity contribution in [2.24, 2.45) is 10.7 Å². The van der Waals surface area contributed by atoms with E-state index in [0.717, 1.165) is 29.8 Å². The molecule has 6 heteroatoms. The molecular weight excluding hydrogens is 364 g/mol. The molecule has 0 fully saturated rings. The summed E-state index contributed by atoms with van der Waals surface area (Å²) in [4.78, 5) is 3.77. The number of nitrogens with two attached hydrogens (primary N) is 1. The standard InChI is InChI=1S/C18H17NO2.C5H12N2.H3N.H2/c19-14-16(15-7-2-1-3-8-15)9-4-5-12-21-18-11-6-10-17(20)13-18;1-3-4-5(6)7-2;;/h1-11,13-14,19-20H,12H2;3-4H2,1-2H3,(H2,6,7);1H3;1H/b5-4+,16-9+,19-14?;;;. The van der Waals surface area contributed by atoms with Crippen LogP contribution in [0.2, 0.25) is 0 Å². The highest BCUT2D eigenvalue weighted by atomic mass is 16.5. The zero-order chi connectivity index (χ0) is 20.6. The molecule has 2 aromatic rings. The number of nitrogens with one attached hydrogen (secondary N) is 1. The fourth-order valence-corrected chi connectivity index (χ4v) is 2.17. The van der Waals surface area contributed by atoms with Crippen molar-refractivity contribution in [3.63, 3.8) is 0 Å². The van der Waals surface area contributed by atoms with Gasteiger partial charge in [0.2, 0.25) is 0 Å². The minimum atomic E-state index is 0. The Labute approximate surface area is 175 Å². The summed E-state index contributed by atoms with van der Waals surface area (Å²) in [6, 6.07) is 16.5. The van der Waals surface area contributed by atoms with Gasteiger partial charge in [-0.2, -0.15) is 0 Å². The normalized spacial score (nSPS) is 11.2. The van der Waals surface area contributed by atoms with Gasteiger partial charge in [-0.15, -0.1) is 0 Å². The Bertz CT molecular complexity index is 806. The maximum Gasteiger partial charge on any atom is 0.123 e. The van der Waals surface area contributed by atoms with Crippen molar-refractivity contribution in [2.75, 3.05) is 13.7 Å². The van der Waals surface area contributed by atoms with Gasteiger partial charge in [0.1, 0.15) is 18.1 Å². The lowest BCUT2D eigenvalue weighted by atomic mass is 10.1. The first kappa shape index (κ1) is 25.6. The lowest BCUT2D eigenvalue weighted by Gasteiger charge is -2.02. The van der Waals surface area contributed by atoms with Gasteiger partial charge in [0.15, 0.2) is 0 Å². The number of hydrogen-bond donors (Lipinski definition) is 4. The third kappa shape index (κ3) is 11.1.